The number of halogens is 3. The molecule has 0 unspecified atom stereocenters. The number of amides is 1. The molecule has 2 aromatic carbocycles. The van der Waals surface area contributed by atoms with Crippen molar-refractivity contribution >= 4 is 23.4 Å². The second kappa shape index (κ2) is 12.3. The molecular formula is C27H31F3N4O2S. The molecule has 6 nitrogen and oxygen atoms in total. The smallest absolute Gasteiger partial charge is 0.418 e. The lowest BCUT2D eigenvalue weighted by Gasteiger charge is -2.19. The first-order valence-corrected chi connectivity index (χ1v) is 12.8. The molecule has 0 saturated carbocycles. The highest BCUT2D eigenvalue weighted by Gasteiger charge is 2.33. The van der Waals surface area contributed by atoms with Crippen LogP contribution in [0.25, 0.3) is 0 Å². The van der Waals surface area contributed by atoms with Crippen molar-refractivity contribution in [3.8, 4) is 5.75 Å². The van der Waals surface area contributed by atoms with E-state index in [1.807, 2.05) is 16.7 Å². The van der Waals surface area contributed by atoms with Crippen LogP contribution in [0.4, 0.5) is 18.9 Å². The molecule has 0 fully saturated rings. The zero-order chi connectivity index (χ0) is 27.1. The zero-order valence-corrected chi connectivity index (χ0v) is 22.0. The molecule has 3 rings (SSSR count). The summed E-state index contributed by atoms with van der Waals surface area (Å²) >= 11 is 1.10. The lowest BCUT2D eigenvalue weighted by molar-refractivity contribution is -0.137. The standard InChI is InChI=1S/C27H31F3N4O2S/c1-5-16-34-23(11-8-17-36-20-14-12-19(13-15-20)26(2,3)4)32-33-25(34)37-18-24(35)31-22-10-7-6-9-21(22)27(28,29)30/h5-7,9-10,12-15H,1,8,11,16-18H2,2-4H3,(H,31,35). The number of nitrogens with one attached hydrogen (secondary N) is 1. The third kappa shape index (κ3) is 8.11. The van der Waals surface area contributed by atoms with E-state index in [1.165, 1.54) is 23.8 Å². The van der Waals surface area contributed by atoms with Gasteiger partial charge in [-0.15, -0.1) is 16.8 Å². The summed E-state index contributed by atoms with van der Waals surface area (Å²) < 4.78 is 47.2. The van der Waals surface area contributed by atoms with Crippen molar-refractivity contribution in [2.45, 2.75) is 56.9 Å². The average molecular weight is 533 g/mol. The van der Waals surface area contributed by atoms with Gasteiger partial charge in [0.1, 0.15) is 11.6 Å². The number of benzene rings is 2. The Labute approximate surface area is 219 Å². The molecule has 0 atom stereocenters. The largest absolute Gasteiger partial charge is 0.494 e. The molecule has 1 amide bonds. The molecule has 0 aliphatic heterocycles. The Morgan fingerprint density at radius 1 is 1.11 bits per heavy atom. The molecule has 0 spiro atoms. The molecule has 1 N–H and O–H groups in total. The van der Waals surface area contributed by atoms with Gasteiger partial charge >= 0.3 is 6.18 Å². The normalized spacial score (nSPS) is 11.8. The average Bonchev–Trinajstić information content (AvgIpc) is 3.21. The highest BCUT2D eigenvalue weighted by Crippen LogP contribution is 2.34. The summed E-state index contributed by atoms with van der Waals surface area (Å²) in [5, 5.41) is 11.2. The molecule has 37 heavy (non-hydrogen) atoms. The number of nitrogens with zero attached hydrogens (tertiary/aromatic N) is 3. The highest BCUT2D eigenvalue weighted by atomic mass is 32.2. The van der Waals surface area contributed by atoms with Crippen molar-refractivity contribution in [3.05, 3.63) is 78.1 Å². The quantitative estimate of drug-likeness (QED) is 0.173. The fraction of sp³-hybridized carbons (Fsp3) is 0.370. The maximum absolute atomic E-state index is 13.2. The number of aromatic nitrogens is 3. The van der Waals surface area contributed by atoms with Gasteiger partial charge in [0.05, 0.1) is 23.6 Å². The number of allylic oxidation sites excluding steroid dienone is 1. The van der Waals surface area contributed by atoms with Crippen molar-refractivity contribution in [2.24, 2.45) is 0 Å². The van der Waals surface area contributed by atoms with E-state index in [0.717, 1.165) is 29.4 Å². The number of carbonyl (C=O) groups is 1. The number of ether oxygens (including phenoxy) is 1. The molecule has 1 aromatic heterocycles. The molecule has 0 aliphatic carbocycles. The second-order valence-electron chi connectivity index (χ2n) is 9.40. The number of hydrogen-bond acceptors (Lipinski definition) is 5. The minimum Gasteiger partial charge on any atom is -0.494 e. The molecule has 3 aromatic rings. The maximum atomic E-state index is 13.2. The van der Waals surface area contributed by atoms with Crippen molar-refractivity contribution in [1.82, 2.24) is 14.8 Å². The molecule has 10 heteroatoms. The number of para-hydroxylation sites is 1. The van der Waals surface area contributed by atoms with Gasteiger partial charge in [-0.05, 0) is 41.7 Å². The lowest BCUT2D eigenvalue weighted by atomic mass is 9.87. The van der Waals surface area contributed by atoms with Crippen LogP contribution in [0.2, 0.25) is 0 Å². The van der Waals surface area contributed by atoms with E-state index in [0.29, 0.717) is 31.1 Å². The zero-order valence-electron chi connectivity index (χ0n) is 21.1. The van der Waals surface area contributed by atoms with Gasteiger partial charge in [0.15, 0.2) is 5.16 Å². The summed E-state index contributed by atoms with van der Waals surface area (Å²) in [6, 6.07) is 12.9. The van der Waals surface area contributed by atoms with Crippen molar-refractivity contribution in [3.63, 3.8) is 0 Å². The molecule has 0 bridgehead atoms. The van der Waals surface area contributed by atoms with Gasteiger partial charge in [-0.3, -0.25) is 4.79 Å². The summed E-state index contributed by atoms with van der Waals surface area (Å²) in [7, 11) is 0. The number of aryl methyl sites for hydroxylation is 1. The summed E-state index contributed by atoms with van der Waals surface area (Å²) in [4.78, 5) is 12.4. The van der Waals surface area contributed by atoms with Crippen LogP contribution in [0, 0.1) is 0 Å². The number of anilines is 1. The Kier molecular flexibility index (Phi) is 9.42. The first kappa shape index (κ1) is 28.3. The van der Waals surface area contributed by atoms with Gasteiger partial charge in [-0.1, -0.05) is 62.9 Å². The molecule has 0 radical (unpaired) electrons. The third-order valence-electron chi connectivity index (χ3n) is 5.48. The molecular weight excluding hydrogens is 501 g/mol. The summed E-state index contributed by atoms with van der Waals surface area (Å²) in [6.07, 6.45) is -1.55. The van der Waals surface area contributed by atoms with Gasteiger partial charge in [0, 0.05) is 13.0 Å². The van der Waals surface area contributed by atoms with Crippen molar-refractivity contribution < 1.29 is 22.7 Å². The third-order valence-corrected chi connectivity index (χ3v) is 6.44. The van der Waals surface area contributed by atoms with Gasteiger partial charge in [0.2, 0.25) is 5.91 Å². The highest BCUT2D eigenvalue weighted by molar-refractivity contribution is 7.99. The Hall–Kier alpha value is -3.27. The van der Waals surface area contributed by atoms with Crippen LogP contribution in [-0.2, 0) is 29.4 Å². The maximum Gasteiger partial charge on any atom is 0.418 e. The topological polar surface area (TPSA) is 69.0 Å². The minimum absolute atomic E-state index is 0.0811. The van der Waals surface area contributed by atoms with Crippen LogP contribution in [-0.4, -0.2) is 33.0 Å². The fourth-order valence-corrected chi connectivity index (χ4v) is 4.32. The SMILES string of the molecule is C=CCn1c(CCCOc2ccc(C(C)(C)C)cc2)nnc1SCC(=O)Nc1ccccc1C(F)(F)F. The Morgan fingerprint density at radius 3 is 2.46 bits per heavy atom. The molecule has 0 aliphatic rings. The van der Waals surface area contributed by atoms with E-state index in [2.05, 4.69) is 55.0 Å². The number of rotatable bonds is 11. The Bertz CT molecular complexity index is 1200. The minimum atomic E-state index is -4.56. The van der Waals surface area contributed by atoms with Crippen molar-refractivity contribution in [1.29, 1.82) is 0 Å². The fourth-order valence-electron chi connectivity index (χ4n) is 3.55. The predicted octanol–water partition coefficient (Wildman–Crippen LogP) is 6.52. The van der Waals surface area contributed by atoms with Crippen LogP contribution in [0.5, 0.6) is 5.75 Å². The summed E-state index contributed by atoms with van der Waals surface area (Å²) in [6.45, 7) is 11.2. The van der Waals surface area contributed by atoms with Crippen molar-refractivity contribution in [2.75, 3.05) is 17.7 Å². The van der Waals surface area contributed by atoms with Gasteiger partial charge in [0.25, 0.3) is 0 Å². The lowest BCUT2D eigenvalue weighted by Crippen LogP contribution is -2.18. The van der Waals surface area contributed by atoms with E-state index in [9.17, 15) is 18.0 Å². The number of carbonyl (C=O) groups excluding carboxylic acids is 1. The van der Waals surface area contributed by atoms with E-state index >= 15 is 0 Å². The summed E-state index contributed by atoms with van der Waals surface area (Å²) in [5.41, 5.74) is 0.151. The van der Waals surface area contributed by atoms with Gasteiger partial charge in [-0.2, -0.15) is 13.2 Å². The van der Waals surface area contributed by atoms with Crippen LogP contribution >= 0.6 is 11.8 Å². The Balaban J connectivity index is 1.54. The van der Waals surface area contributed by atoms with E-state index in [-0.39, 0.29) is 16.9 Å². The number of hydrogen-bond donors (Lipinski definition) is 1. The molecule has 198 valence electrons. The predicted molar refractivity (Wildman–Crippen MR) is 140 cm³/mol. The van der Waals surface area contributed by atoms with Crippen LogP contribution in [0.1, 0.15) is 44.1 Å². The van der Waals surface area contributed by atoms with Crippen LogP contribution in [0.15, 0.2) is 66.3 Å². The van der Waals surface area contributed by atoms with Gasteiger partial charge < -0.3 is 14.6 Å². The van der Waals surface area contributed by atoms with E-state index < -0.39 is 17.6 Å². The second-order valence-corrected chi connectivity index (χ2v) is 10.3. The van der Waals surface area contributed by atoms with Gasteiger partial charge in [-0.25, -0.2) is 0 Å². The van der Waals surface area contributed by atoms with E-state index in [1.54, 1.807) is 6.08 Å². The van der Waals surface area contributed by atoms with Crippen LogP contribution in [0.3, 0.4) is 0 Å². The monoisotopic (exact) mass is 532 g/mol. The number of thioether (sulfide) groups is 1. The molecule has 1 heterocycles. The van der Waals surface area contributed by atoms with Crippen LogP contribution < -0.4 is 10.1 Å². The first-order chi connectivity index (χ1) is 17.5. The first-order valence-electron chi connectivity index (χ1n) is 11.8. The molecule has 0 saturated heterocycles. The van der Waals surface area contributed by atoms with E-state index in [4.69, 9.17) is 4.74 Å². The number of alkyl halides is 3. The summed E-state index contributed by atoms with van der Waals surface area (Å²) in [5.74, 6) is 0.837. The Morgan fingerprint density at radius 2 is 1.81 bits per heavy atom.